The average molecular weight is 533 g/mol. The van der Waals surface area contributed by atoms with Crippen molar-refractivity contribution in [3.05, 3.63) is 112 Å². The normalized spacial score (nSPS) is 17.7. The van der Waals surface area contributed by atoms with Gasteiger partial charge in [0.05, 0.1) is 16.6 Å². The summed E-state index contributed by atoms with van der Waals surface area (Å²) in [5.41, 5.74) is 3.22. The molecule has 0 saturated carbocycles. The van der Waals surface area contributed by atoms with Crippen LogP contribution in [0.4, 0.5) is 4.39 Å². The zero-order valence-corrected chi connectivity index (χ0v) is 21.8. The summed E-state index contributed by atoms with van der Waals surface area (Å²) in [7, 11) is 0. The van der Waals surface area contributed by atoms with E-state index < -0.39 is 11.7 Å². The first-order valence-electron chi connectivity index (χ1n) is 12.9. The summed E-state index contributed by atoms with van der Waals surface area (Å²) in [6.45, 7) is 2.89. The topological polar surface area (TPSA) is 65.5 Å². The Kier molecular flexibility index (Phi) is 8.15. The number of halogens is 2. The monoisotopic (exact) mass is 532 g/mol. The number of amides is 2. The first-order chi connectivity index (χ1) is 18.5. The largest absolute Gasteiger partial charge is 0.349 e. The zero-order chi connectivity index (χ0) is 26.5. The second-order valence-corrected chi connectivity index (χ2v) is 10.3. The highest BCUT2D eigenvalue weighted by Gasteiger charge is 2.36. The molecule has 38 heavy (non-hydrogen) atoms. The van der Waals surface area contributed by atoms with Gasteiger partial charge < -0.3 is 10.2 Å². The van der Waals surface area contributed by atoms with Crippen molar-refractivity contribution in [3.63, 3.8) is 0 Å². The van der Waals surface area contributed by atoms with Crippen molar-refractivity contribution in [2.45, 2.75) is 25.3 Å². The maximum absolute atomic E-state index is 14.3. The highest BCUT2D eigenvalue weighted by Crippen LogP contribution is 2.32. The highest BCUT2D eigenvalue weighted by molar-refractivity contribution is 6.33. The minimum Gasteiger partial charge on any atom is -0.349 e. The molecule has 2 atom stereocenters. The van der Waals surface area contributed by atoms with E-state index in [0.717, 1.165) is 37.2 Å². The number of rotatable bonds is 9. The van der Waals surface area contributed by atoms with Crippen LogP contribution in [0.15, 0.2) is 84.8 Å². The van der Waals surface area contributed by atoms with Gasteiger partial charge in [-0.2, -0.15) is 0 Å². The standard InChI is InChI=1S/C30H30ClFN4O2/c31-25-9-4-10-26(32)29(25)30(38)36-19-23-17-35(18-24(23)20-36)15-13-27(22-7-2-1-3-8-22)34-28(37)12-11-21-6-5-14-33-16-21/h1-10,14,16,19,24,27H,11-13,15,17-18,20H2,(H,34,37)/t24?,27-/m0/s1. The van der Waals surface area contributed by atoms with Gasteiger partial charge in [-0.15, -0.1) is 0 Å². The maximum Gasteiger partial charge on any atom is 0.262 e. The summed E-state index contributed by atoms with van der Waals surface area (Å²) >= 11 is 6.11. The Morgan fingerprint density at radius 1 is 1.08 bits per heavy atom. The molecule has 2 aromatic carbocycles. The molecule has 3 heterocycles. The lowest BCUT2D eigenvalue weighted by atomic mass is 10.0. The first-order valence-corrected chi connectivity index (χ1v) is 13.3. The number of fused-ring (bicyclic) bond motifs is 1. The summed E-state index contributed by atoms with van der Waals surface area (Å²) in [6, 6.07) is 18.1. The molecule has 8 heteroatoms. The zero-order valence-electron chi connectivity index (χ0n) is 21.0. The summed E-state index contributed by atoms with van der Waals surface area (Å²) in [5, 5.41) is 3.35. The predicted molar refractivity (Wildman–Crippen MR) is 145 cm³/mol. The molecule has 2 amide bonds. The van der Waals surface area contributed by atoms with Crippen molar-refractivity contribution in [2.24, 2.45) is 5.92 Å². The number of nitrogens with one attached hydrogen (secondary N) is 1. The van der Waals surface area contributed by atoms with Crippen LogP contribution in [0, 0.1) is 11.7 Å². The van der Waals surface area contributed by atoms with E-state index >= 15 is 0 Å². The van der Waals surface area contributed by atoms with Gasteiger partial charge in [0.2, 0.25) is 5.91 Å². The number of aromatic nitrogens is 1. The van der Waals surface area contributed by atoms with Gasteiger partial charge in [0.25, 0.3) is 5.91 Å². The third-order valence-corrected chi connectivity index (χ3v) is 7.54. The number of hydrogen-bond acceptors (Lipinski definition) is 4. The summed E-state index contributed by atoms with van der Waals surface area (Å²) < 4.78 is 14.3. The third-order valence-electron chi connectivity index (χ3n) is 7.22. The second kappa shape index (κ2) is 11.9. The SMILES string of the molecule is O=C(CCc1cccnc1)N[C@@H](CCN1CC2=CN(C(=O)c3c(F)cccc3Cl)CC2C1)c1ccccc1. The summed E-state index contributed by atoms with van der Waals surface area (Å²) in [6.07, 6.45) is 7.20. The number of pyridine rings is 1. The lowest BCUT2D eigenvalue weighted by Crippen LogP contribution is -2.33. The number of carbonyl (C=O) groups excluding carboxylic acids is 2. The first kappa shape index (κ1) is 26.1. The van der Waals surface area contributed by atoms with Gasteiger partial charge in [-0.05, 0) is 47.7 Å². The van der Waals surface area contributed by atoms with E-state index in [-0.39, 0.29) is 28.5 Å². The van der Waals surface area contributed by atoms with E-state index in [0.29, 0.717) is 19.4 Å². The van der Waals surface area contributed by atoms with E-state index in [2.05, 4.69) is 15.2 Å². The molecule has 1 N–H and O–H groups in total. The smallest absolute Gasteiger partial charge is 0.262 e. The van der Waals surface area contributed by atoms with E-state index in [4.69, 9.17) is 11.6 Å². The summed E-state index contributed by atoms with van der Waals surface area (Å²) in [4.78, 5) is 33.8. The van der Waals surface area contributed by atoms with Crippen molar-refractivity contribution < 1.29 is 14.0 Å². The molecule has 1 fully saturated rings. The molecule has 0 spiro atoms. The van der Waals surface area contributed by atoms with Crippen LogP contribution >= 0.6 is 11.6 Å². The Labute approximate surface area is 227 Å². The molecular weight excluding hydrogens is 503 g/mol. The quantitative estimate of drug-likeness (QED) is 0.420. The maximum atomic E-state index is 14.3. The third kappa shape index (κ3) is 6.11. The van der Waals surface area contributed by atoms with Crippen LogP contribution in [-0.2, 0) is 11.2 Å². The van der Waals surface area contributed by atoms with Gasteiger partial charge in [0.1, 0.15) is 5.82 Å². The Hall–Kier alpha value is -3.55. The number of hydrogen-bond donors (Lipinski definition) is 1. The lowest BCUT2D eigenvalue weighted by Gasteiger charge is -2.24. The van der Waals surface area contributed by atoms with Crippen LogP contribution in [0.5, 0.6) is 0 Å². The van der Waals surface area contributed by atoms with E-state index in [9.17, 15) is 14.0 Å². The van der Waals surface area contributed by atoms with Gasteiger partial charge in [-0.25, -0.2) is 4.39 Å². The molecular formula is C30H30ClFN4O2. The van der Waals surface area contributed by atoms with Gasteiger partial charge >= 0.3 is 0 Å². The van der Waals surface area contributed by atoms with Crippen LogP contribution < -0.4 is 5.32 Å². The fourth-order valence-electron chi connectivity index (χ4n) is 5.24. The molecule has 1 saturated heterocycles. The Bertz CT molecular complexity index is 1300. The fraction of sp³-hybridized carbons (Fsp3) is 0.300. The number of nitrogens with zero attached hydrogens (tertiary/aromatic N) is 3. The molecule has 0 bridgehead atoms. The number of likely N-dealkylation sites (tertiary alicyclic amines) is 1. The molecule has 0 radical (unpaired) electrons. The molecule has 2 aliphatic rings. The minimum atomic E-state index is -0.603. The molecule has 2 aliphatic heterocycles. The van der Waals surface area contributed by atoms with Crippen molar-refractivity contribution in [3.8, 4) is 0 Å². The Morgan fingerprint density at radius 2 is 1.92 bits per heavy atom. The van der Waals surface area contributed by atoms with Gasteiger partial charge in [-0.1, -0.05) is 54.1 Å². The van der Waals surface area contributed by atoms with E-state index in [1.165, 1.54) is 23.8 Å². The Balaban J connectivity index is 1.18. The molecule has 196 valence electrons. The lowest BCUT2D eigenvalue weighted by molar-refractivity contribution is -0.121. The molecule has 1 aromatic heterocycles. The molecule has 5 rings (SSSR count). The van der Waals surface area contributed by atoms with Crippen molar-refractivity contribution in [2.75, 3.05) is 26.2 Å². The van der Waals surface area contributed by atoms with E-state index in [1.54, 1.807) is 17.3 Å². The predicted octanol–water partition coefficient (Wildman–Crippen LogP) is 5.03. The van der Waals surface area contributed by atoms with Crippen LogP contribution in [0.1, 0.15) is 40.4 Å². The van der Waals surface area contributed by atoms with E-state index in [1.807, 2.05) is 48.7 Å². The minimum absolute atomic E-state index is 0.0182. The van der Waals surface area contributed by atoms with Crippen LogP contribution in [0.25, 0.3) is 0 Å². The van der Waals surface area contributed by atoms with Crippen LogP contribution in [0.3, 0.4) is 0 Å². The average Bonchev–Trinajstić information content (AvgIpc) is 3.50. The highest BCUT2D eigenvalue weighted by atomic mass is 35.5. The van der Waals surface area contributed by atoms with Crippen molar-refractivity contribution in [1.29, 1.82) is 0 Å². The van der Waals surface area contributed by atoms with Gasteiger partial charge in [-0.3, -0.25) is 19.5 Å². The summed E-state index contributed by atoms with van der Waals surface area (Å²) in [5.74, 6) is -0.771. The second-order valence-electron chi connectivity index (χ2n) is 9.87. The van der Waals surface area contributed by atoms with Crippen molar-refractivity contribution in [1.82, 2.24) is 20.1 Å². The van der Waals surface area contributed by atoms with Gasteiger partial charge in [0, 0.05) is 57.1 Å². The molecule has 0 aliphatic carbocycles. The van der Waals surface area contributed by atoms with Gasteiger partial charge in [0.15, 0.2) is 0 Å². The number of benzene rings is 2. The Morgan fingerprint density at radius 3 is 2.66 bits per heavy atom. The fourth-order valence-corrected chi connectivity index (χ4v) is 5.48. The van der Waals surface area contributed by atoms with Crippen LogP contribution in [0.2, 0.25) is 5.02 Å². The van der Waals surface area contributed by atoms with Crippen molar-refractivity contribution >= 4 is 23.4 Å². The molecule has 1 unspecified atom stereocenters. The molecule has 3 aromatic rings. The number of aryl methyl sites for hydroxylation is 1. The van der Waals surface area contributed by atoms with Crippen LogP contribution in [-0.4, -0.2) is 52.8 Å². The number of carbonyl (C=O) groups is 2. The molecule has 6 nitrogen and oxygen atoms in total.